The molecule has 0 atom stereocenters. The molecule has 0 saturated heterocycles. The van der Waals surface area contributed by atoms with Crippen molar-refractivity contribution in [2.45, 2.75) is 13.2 Å². The van der Waals surface area contributed by atoms with E-state index in [0.717, 1.165) is 27.0 Å². The Bertz CT molecular complexity index is 934. The summed E-state index contributed by atoms with van der Waals surface area (Å²) in [6.45, 7) is 0.989. The van der Waals surface area contributed by atoms with Crippen LogP contribution in [0.3, 0.4) is 0 Å². The summed E-state index contributed by atoms with van der Waals surface area (Å²) in [6, 6.07) is 19.2. The number of halogens is 3. The zero-order valence-electron chi connectivity index (χ0n) is 14.6. The minimum atomic E-state index is 0.405. The predicted molar refractivity (Wildman–Crippen MR) is 115 cm³/mol. The lowest BCUT2D eigenvalue weighted by Crippen LogP contribution is -2.04. The molecule has 0 aliphatic carbocycles. The molecule has 0 heterocycles. The molecule has 0 aromatic heterocycles. The SMILES string of the molecule is COc1ccc(NCc2cc(Br)ccc2OCc2ccccc2Cl)cc1Cl. The van der Waals surface area contributed by atoms with E-state index in [0.29, 0.717) is 28.9 Å². The highest BCUT2D eigenvalue weighted by molar-refractivity contribution is 9.10. The summed E-state index contributed by atoms with van der Waals surface area (Å²) in [7, 11) is 1.60. The standard InChI is InChI=1S/C21H18BrCl2NO2/c1-26-21-9-7-17(11-19(21)24)25-12-15-10-16(22)6-8-20(15)27-13-14-4-2-3-5-18(14)23/h2-11,25H,12-13H2,1H3. The van der Waals surface area contributed by atoms with E-state index in [2.05, 4.69) is 21.2 Å². The predicted octanol–water partition coefficient (Wildman–Crippen LogP) is 6.96. The fraction of sp³-hybridized carbons (Fsp3) is 0.143. The third kappa shape index (κ3) is 5.32. The third-order valence-corrected chi connectivity index (χ3v) is 5.16. The number of anilines is 1. The highest BCUT2D eigenvalue weighted by Crippen LogP contribution is 2.29. The van der Waals surface area contributed by atoms with Gasteiger partial charge in [-0.25, -0.2) is 0 Å². The van der Waals surface area contributed by atoms with Crippen LogP contribution in [-0.4, -0.2) is 7.11 Å². The van der Waals surface area contributed by atoms with Crippen LogP contribution >= 0.6 is 39.1 Å². The fourth-order valence-electron chi connectivity index (χ4n) is 2.57. The Kier molecular flexibility index (Phi) is 6.89. The molecule has 0 amide bonds. The molecule has 6 heteroatoms. The minimum absolute atomic E-state index is 0.405. The van der Waals surface area contributed by atoms with Gasteiger partial charge < -0.3 is 14.8 Å². The number of methoxy groups -OCH3 is 1. The van der Waals surface area contributed by atoms with Crippen molar-refractivity contribution in [2.75, 3.05) is 12.4 Å². The lowest BCUT2D eigenvalue weighted by atomic mass is 10.2. The highest BCUT2D eigenvalue weighted by atomic mass is 79.9. The van der Waals surface area contributed by atoms with Crippen molar-refractivity contribution in [3.8, 4) is 11.5 Å². The molecule has 27 heavy (non-hydrogen) atoms. The van der Waals surface area contributed by atoms with E-state index in [-0.39, 0.29) is 0 Å². The fourth-order valence-corrected chi connectivity index (χ4v) is 3.43. The van der Waals surface area contributed by atoms with Gasteiger partial charge in [0.25, 0.3) is 0 Å². The maximum atomic E-state index is 6.21. The van der Waals surface area contributed by atoms with Gasteiger partial charge in [-0.15, -0.1) is 0 Å². The second-order valence-corrected chi connectivity index (χ2v) is 7.57. The third-order valence-electron chi connectivity index (χ3n) is 4.00. The summed E-state index contributed by atoms with van der Waals surface area (Å²) in [5.41, 5.74) is 2.86. The molecule has 3 aromatic rings. The Morgan fingerprint density at radius 1 is 0.889 bits per heavy atom. The first kappa shape index (κ1) is 19.9. The number of rotatable bonds is 7. The smallest absolute Gasteiger partial charge is 0.137 e. The monoisotopic (exact) mass is 465 g/mol. The molecule has 0 bridgehead atoms. The van der Waals surface area contributed by atoms with E-state index in [1.165, 1.54) is 0 Å². The molecule has 0 unspecified atom stereocenters. The van der Waals surface area contributed by atoms with Crippen molar-refractivity contribution in [3.05, 3.63) is 86.3 Å². The van der Waals surface area contributed by atoms with Crippen molar-refractivity contribution < 1.29 is 9.47 Å². The van der Waals surface area contributed by atoms with Gasteiger partial charge in [0, 0.05) is 32.9 Å². The van der Waals surface area contributed by atoms with Crippen molar-refractivity contribution in [2.24, 2.45) is 0 Å². The highest BCUT2D eigenvalue weighted by Gasteiger charge is 2.08. The van der Waals surface area contributed by atoms with Gasteiger partial charge in [0.2, 0.25) is 0 Å². The zero-order chi connectivity index (χ0) is 19.2. The Morgan fingerprint density at radius 3 is 2.41 bits per heavy atom. The van der Waals surface area contributed by atoms with Gasteiger partial charge >= 0.3 is 0 Å². The molecule has 140 valence electrons. The molecular weight excluding hydrogens is 449 g/mol. The average molecular weight is 467 g/mol. The Hall–Kier alpha value is -1.88. The van der Waals surface area contributed by atoms with E-state index in [9.17, 15) is 0 Å². The molecule has 1 N–H and O–H groups in total. The van der Waals surface area contributed by atoms with E-state index in [1.807, 2.05) is 60.7 Å². The summed E-state index contributed by atoms with van der Waals surface area (Å²) in [5, 5.41) is 4.62. The molecule has 0 fully saturated rings. The molecule has 0 spiro atoms. The first-order valence-electron chi connectivity index (χ1n) is 8.29. The van der Waals surface area contributed by atoms with Crippen LogP contribution in [0.15, 0.2) is 65.1 Å². The van der Waals surface area contributed by atoms with Crippen LogP contribution in [-0.2, 0) is 13.2 Å². The largest absolute Gasteiger partial charge is 0.495 e. The van der Waals surface area contributed by atoms with Gasteiger partial charge in [0.05, 0.1) is 12.1 Å². The summed E-state index contributed by atoms with van der Waals surface area (Å²) in [6.07, 6.45) is 0. The number of ether oxygens (including phenoxy) is 2. The van der Waals surface area contributed by atoms with Gasteiger partial charge in [0.1, 0.15) is 18.1 Å². The molecule has 0 radical (unpaired) electrons. The van der Waals surface area contributed by atoms with Crippen LogP contribution in [0.2, 0.25) is 10.0 Å². The van der Waals surface area contributed by atoms with Crippen molar-refractivity contribution in [1.82, 2.24) is 0 Å². The van der Waals surface area contributed by atoms with Gasteiger partial charge in [-0.3, -0.25) is 0 Å². The number of nitrogens with one attached hydrogen (secondary N) is 1. The second kappa shape index (κ2) is 9.36. The average Bonchev–Trinajstić information content (AvgIpc) is 2.67. The van der Waals surface area contributed by atoms with E-state index < -0.39 is 0 Å². The quantitative estimate of drug-likeness (QED) is 0.408. The Balaban J connectivity index is 1.72. The summed E-state index contributed by atoms with van der Waals surface area (Å²) in [5.74, 6) is 1.44. The Morgan fingerprint density at radius 2 is 1.67 bits per heavy atom. The maximum absolute atomic E-state index is 6.21. The molecule has 0 saturated carbocycles. The first-order valence-corrected chi connectivity index (χ1v) is 9.84. The van der Waals surface area contributed by atoms with Crippen molar-refractivity contribution in [1.29, 1.82) is 0 Å². The topological polar surface area (TPSA) is 30.5 Å². The maximum Gasteiger partial charge on any atom is 0.137 e. The number of benzene rings is 3. The van der Waals surface area contributed by atoms with Crippen LogP contribution in [0.5, 0.6) is 11.5 Å². The van der Waals surface area contributed by atoms with Crippen molar-refractivity contribution in [3.63, 3.8) is 0 Å². The summed E-state index contributed by atoms with van der Waals surface area (Å²) >= 11 is 15.9. The minimum Gasteiger partial charge on any atom is -0.495 e. The summed E-state index contributed by atoms with van der Waals surface area (Å²) < 4.78 is 12.2. The van der Waals surface area contributed by atoms with Crippen LogP contribution in [0.25, 0.3) is 0 Å². The van der Waals surface area contributed by atoms with Gasteiger partial charge in [0.15, 0.2) is 0 Å². The van der Waals surface area contributed by atoms with E-state index in [4.69, 9.17) is 32.7 Å². The van der Waals surface area contributed by atoms with Crippen LogP contribution in [0.4, 0.5) is 5.69 Å². The Labute approximate surface area is 177 Å². The molecule has 0 aliphatic heterocycles. The lowest BCUT2D eigenvalue weighted by molar-refractivity contribution is 0.303. The first-order chi connectivity index (χ1) is 13.1. The van der Waals surface area contributed by atoms with Crippen molar-refractivity contribution >= 4 is 44.8 Å². The molecule has 0 aliphatic rings. The van der Waals surface area contributed by atoms with E-state index >= 15 is 0 Å². The van der Waals surface area contributed by atoms with Crippen LogP contribution in [0, 0.1) is 0 Å². The number of hydrogen-bond acceptors (Lipinski definition) is 3. The number of hydrogen-bond donors (Lipinski definition) is 1. The lowest BCUT2D eigenvalue weighted by Gasteiger charge is -2.14. The van der Waals surface area contributed by atoms with Gasteiger partial charge in [-0.2, -0.15) is 0 Å². The summed E-state index contributed by atoms with van der Waals surface area (Å²) in [4.78, 5) is 0. The molecule has 3 aromatic carbocycles. The zero-order valence-corrected chi connectivity index (χ0v) is 17.7. The van der Waals surface area contributed by atoms with Gasteiger partial charge in [-0.05, 0) is 42.5 Å². The normalized spacial score (nSPS) is 10.5. The molecule has 3 rings (SSSR count). The van der Waals surface area contributed by atoms with E-state index in [1.54, 1.807) is 7.11 Å². The van der Waals surface area contributed by atoms with Crippen LogP contribution < -0.4 is 14.8 Å². The molecule has 3 nitrogen and oxygen atoms in total. The molecular formula is C21H18BrCl2NO2. The van der Waals surface area contributed by atoms with Gasteiger partial charge in [-0.1, -0.05) is 57.3 Å². The van der Waals surface area contributed by atoms with Crippen LogP contribution in [0.1, 0.15) is 11.1 Å². The second-order valence-electron chi connectivity index (χ2n) is 5.84.